The van der Waals surface area contributed by atoms with Crippen LogP contribution in [0.15, 0.2) is 11.6 Å². The zero-order valence-corrected chi connectivity index (χ0v) is 21.1. The largest absolute Gasteiger partial charge is 0.393 e. The van der Waals surface area contributed by atoms with Gasteiger partial charge >= 0.3 is 0 Å². The molecule has 0 aromatic carbocycles. The number of hydrogen-bond acceptors (Lipinski definition) is 12. The average Bonchev–Trinajstić information content (AvgIpc) is 3.09. The van der Waals surface area contributed by atoms with Crippen LogP contribution in [0.5, 0.6) is 0 Å². The van der Waals surface area contributed by atoms with E-state index in [1.54, 1.807) is 13.8 Å². The van der Waals surface area contributed by atoms with Crippen LogP contribution in [0.3, 0.4) is 0 Å². The number of rotatable bonds is 9. The zero-order chi connectivity index (χ0) is 27.1. The number of aliphatic hydroxyl groups excluding tert-OH is 5. The standard InChI is InChI=1S/C24H40O12/c1-12-7-14(26)8-22(3,4)24(12,32)6-5-13(2)35-20-18(29)17(28)16(27)15(36-20)9-33-21-19(30)23(31,10-25)11-34-21/h7,13,15-21,25,27-32H,5-6,8-11H2,1-4H3/t13-,15-,16-,17+,18-,19+,20+,21-,23-,24-/m1/s1. The fourth-order valence-electron chi connectivity index (χ4n) is 5.06. The van der Waals surface area contributed by atoms with E-state index in [2.05, 4.69) is 0 Å². The lowest BCUT2D eigenvalue weighted by Gasteiger charge is -2.46. The molecule has 2 fully saturated rings. The third kappa shape index (κ3) is 5.69. The van der Waals surface area contributed by atoms with Crippen molar-refractivity contribution in [2.75, 3.05) is 19.8 Å². The van der Waals surface area contributed by atoms with Gasteiger partial charge in [-0.15, -0.1) is 0 Å². The van der Waals surface area contributed by atoms with Crippen molar-refractivity contribution < 1.29 is 59.5 Å². The predicted molar refractivity (Wildman–Crippen MR) is 122 cm³/mol. The first-order valence-corrected chi connectivity index (χ1v) is 12.2. The number of aliphatic hydroxyl groups is 7. The van der Waals surface area contributed by atoms with E-state index in [1.807, 2.05) is 13.8 Å². The Morgan fingerprint density at radius 1 is 1.11 bits per heavy atom. The molecule has 2 saturated heterocycles. The Morgan fingerprint density at radius 3 is 2.36 bits per heavy atom. The Morgan fingerprint density at radius 2 is 1.78 bits per heavy atom. The first kappa shape index (κ1) is 29.5. The van der Waals surface area contributed by atoms with Gasteiger partial charge in [0.1, 0.15) is 36.1 Å². The third-order valence-electron chi connectivity index (χ3n) is 7.72. The molecule has 3 aliphatic rings. The van der Waals surface area contributed by atoms with Crippen LogP contribution < -0.4 is 0 Å². The van der Waals surface area contributed by atoms with Gasteiger partial charge in [-0.05, 0) is 38.3 Å². The molecule has 12 nitrogen and oxygen atoms in total. The number of carbonyl (C=O) groups excluding carboxylic acids is 1. The number of ketones is 1. The van der Waals surface area contributed by atoms with E-state index in [0.717, 1.165) is 0 Å². The minimum Gasteiger partial charge on any atom is -0.393 e. The SMILES string of the molecule is CC1=CC(=O)CC(C)(C)[C@@]1(O)CC[C@@H](C)O[C@H]1O[C@H](CO[C@@H]2OC[C@](O)(CO)[C@H]2O)[C@@H](O)[C@H](O)[C@H]1O. The maximum atomic E-state index is 11.9. The lowest BCUT2D eigenvalue weighted by atomic mass is 9.63. The molecule has 3 rings (SSSR count). The van der Waals surface area contributed by atoms with E-state index in [0.29, 0.717) is 12.0 Å². The van der Waals surface area contributed by atoms with E-state index in [4.69, 9.17) is 18.9 Å². The predicted octanol–water partition coefficient (Wildman–Crippen LogP) is -1.89. The lowest BCUT2D eigenvalue weighted by molar-refractivity contribution is -0.318. The highest BCUT2D eigenvalue weighted by atomic mass is 16.7. The van der Waals surface area contributed by atoms with Gasteiger partial charge in [0.2, 0.25) is 0 Å². The van der Waals surface area contributed by atoms with Gasteiger partial charge in [-0.25, -0.2) is 0 Å². The molecule has 0 unspecified atom stereocenters. The molecule has 12 heteroatoms. The van der Waals surface area contributed by atoms with Gasteiger partial charge in [0.15, 0.2) is 18.4 Å². The normalized spacial score (nSPS) is 43.9. The Bertz CT molecular complexity index is 817. The monoisotopic (exact) mass is 520 g/mol. The van der Waals surface area contributed by atoms with Crippen molar-refractivity contribution in [1.82, 2.24) is 0 Å². The molecule has 0 saturated carbocycles. The van der Waals surface area contributed by atoms with Gasteiger partial charge in [0.05, 0.1) is 31.5 Å². The van der Waals surface area contributed by atoms with Crippen molar-refractivity contribution in [3.63, 3.8) is 0 Å². The molecule has 10 atom stereocenters. The van der Waals surface area contributed by atoms with Gasteiger partial charge in [-0.2, -0.15) is 0 Å². The number of allylic oxidation sites excluding steroid dienone is 1. The molecule has 1 aliphatic carbocycles. The van der Waals surface area contributed by atoms with E-state index in [1.165, 1.54) is 6.08 Å². The summed E-state index contributed by atoms with van der Waals surface area (Å²) in [7, 11) is 0. The summed E-state index contributed by atoms with van der Waals surface area (Å²) >= 11 is 0. The van der Waals surface area contributed by atoms with Gasteiger partial charge in [0.25, 0.3) is 0 Å². The van der Waals surface area contributed by atoms with Gasteiger partial charge in [0, 0.05) is 11.8 Å². The summed E-state index contributed by atoms with van der Waals surface area (Å²) in [6, 6.07) is 0. The summed E-state index contributed by atoms with van der Waals surface area (Å²) in [6.07, 6.45) is -8.34. The van der Waals surface area contributed by atoms with E-state index >= 15 is 0 Å². The first-order chi connectivity index (χ1) is 16.6. The van der Waals surface area contributed by atoms with Crippen LogP contribution in [0, 0.1) is 5.41 Å². The van der Waals surface area contributed by atoms with Crippen molar-refractivity contribution in [2.24, 2.45) is 5.41 Å². The molecule has 0 amide bonds. The fourth-order valence-corrected chi connectivity index (χ4v) is 5.06. The van der Waals surface area contributed by atoms with Crippen molar-refractivity contribution in [1.29, 1.82) is 0 Å². The summed E-state index contributed by atoms with van der Waals surface area (Å²) in [5.74, 6) is -0.0393. The molecule has 0 bridgehead atoms. The molecule has 208 valence electrons. The smallest absolute Gasteiger partial charge is 0.186 e. The van der Waals surface area contributed by atoms with Crippen molar-refractivity contribution >= 4 is 5.78 Å². The van der Waals surface area contributed by atoms with Gasteiger partial charge in [-0.1, -0.05) is 13.8 Å². The number of ether oxygens (including phenoxy) is 4. The lowest BCUT2D eigenvalue weighted by Crippen LogP contribution is -2.60. The minimum absolute atomic E-state index is 0.0393. The second kappa shape index (κ2) is 11.0. The van der Waals surface area contributed by atoms with Gasteiger partial charge < -0.3 is 54.7 Å². The van der Waals surface area contributed by atoms with Crippen LogP contribution in [-0.2, 0) is 23.7 Å². The molecule has 2 aliphatic heterocycles. The second-order valence-corrected chi connectivity index (χ2v) is 10.9. The van der Waals surface area contributed by atoms with Crippen LogP contribution in [0.4, 0.5) is 0 Å². The molecular formula is C24H40O12. The molecule has 36 heavy (non-hydrogen) atoms. The topological polar surface area (TPSA) is 196 Å². The maximum absolute atomic E-state index is 11.9. The maximum Gasteiger partial charge on any atom is 0.186 e. The average molecular weight is 521 g/mol. The summed E-state index contributed by atoms with van der Waals surface area (Å²) < 4.78 is 22.0. The van der Waals surface area contributed by atoms with Crippen LogP contribution in [0.25, 0.3) is 0 Å². The Labute approximate surface area is 210 Å². The Kier molecular flexibility index (Phi) is 9.01. The van der Waals surface area contributed by atoms with Crippen molar-refractivity contribution in [2.45, 2.75) is 107 Å². The van der Waals surface area contributed by atoms with Crippen molar-refractivity contribution in [3.8, 4) is 0 Å². The molecule has 0 aromatic rings. The molecular weight excluding hydrogens is 480 g/mol. The molecule has 0 aromatic heterocycles. The highest BCUT2D eigenvalue weighted by molar-refractivity contribution is 5.92. The van der Waals surface area contributed by atoms with Crippen LogP contribution >= 0.6 is 0 Å². The van der Waals surface area contributed by atoms with E-state index in [-0.39, 0.29) is 31.8 Å². The molecule has 0 radical (unpaired) electrons. The highest BCUT2D eigenvalue weighted by Crippen LogP contribution is 2.46. The minimum atomic E-state index is -1.88. The summed E-state index contributed by atoms with van der Waals surface area (Å²) in [4.78, 5) is 11.9. The Hall–Kier alpha value is -1.03. The number of hydrogen-bond donors (Lipinski definition) is 7. The van der Waals surface area contributed by atoms with E-state index in [9.17, 15) is 40.5 Å². The summed E-state index contributed by atoms with van der Waals surface area (Å²) in [5, 5.41) is 71.8. The molecule has 0 spiro atoms. The van der Waals surface area contributed by atoms with Crippen LogP contribution in [0.2, 0.25) is 0 Å². The molecule has 2 heterocycles. The fraction of sp³-hybridized carbons (Fsp3) is 0.875. The number of carbonyl (C=O) groups is 1. The summed E-state index contributed by atoms with van der Waals surface area (Å²) in [6.45, 7) is 5.60. The van der Waals surface area contributed by atoms with E-state index < -0.39 is 72.4 Å². The zero-order valence-electron chi connectivity index (χ0n) is 21.1. The summed E-state index contributed by atoms with van der Waals surface area (Å²) in [5.41, 5.74) is -3.22. The quantitative estimate of drug-likeness (QED) is 0.179. The third-order valence-corrected chi connectivity index (χ3v) is 7.72. The Balaban J connectivity index is 1.58. The van der Waals surface area contributed by atoms with Crippen molar-refractivity contribution in [3.05, 3.63) is 11.6 Å². The first-order valence-electron chi connectivity index (χ1n) is 12.2. The van der Waals surface area contributed by atoms with Crippen LogP contribution in [0.1, 0.15) is 47.0 Å². The van der Waals surface area contributed by atoms with Crippen LogP contribution in [-0.4, -0.2) is 122 Å². The second-order valence-electron chi connectivity index (χ2n) is 10.9. The molecule has 7 N–H and O–H groups in total. The van der Waals surface area contributed by atoms with Gasteiger partial charge in [-0.3, -0.25) is 4.79 Å². The highest BCUT2D eigenvalue weighted by Gasteiger charge is 2.51.